The van der Waals surface area contributed by atoms with E-state index in [0.29, 0.717) is 43.4 Å². The second-order valence-corrected chi connectivity index (χ2v) is 7.48. The molecule has 2 aromatic carbocycles. The van der Waals surface area contributed by atoms with Crippen LogP contribution in [-0.2, 0) is 9.53 Å². The molecule has 1 heterocycles. The molecule has 1 unspecified atom stereocenters. The number of benzene rings is 2. The predicted octanol–water partition coefficient (Wildman–Crippen LogP) is 3.00. The number of ether oxygens (including phenoxy) is 3. The Balaban J connectivity index is 1.58. The lowest BCUT2D eigenvalue weighted by Crippen LogP contribution is -2.55. The van der Waals surface area contributed by atoms with Crippen LogP contribution >= 0.6 is 0 Å². The largest absolute Gasteiger partial charge is 0.491 e. The van der Waals surface area contributed by atoms with Crippen LogP contribution in [0.4, 0.5) is 0 Å². The standard InChI is InChI=1S/C24H24N2O4/c1-4-18-6-5-7-21(14-18)29-17-22-16-26(12-13-28-22)23(27)24(2,3)30-20-10-8-19(15-25)9-11-20/h1,5-11,14,22H,12-13,16-17H2,2-3H3. The summed E-state index contributed by atoms with van der Waals surface area (Å²) in [5, 5.41) is 8.90. The molecule has 6 nitrogen and oxygen atoms in total. The molecule has 3 rings (SSSR count). The Morgan fingerprint density at radius 2 is 2.00 bits per heavy atom. The third-order valence-corrected chi connectivity index (χ3v) is 4.73. The van der Waals surface area contributed by atoms with Crippen molar-refractivity contribution in [2.75, 3.05) is 26.3 Å². The average Bonchev–Trinajstić information content (AvgIpc) is 2.77. The van der Waals surface area contributed by atoms with Crippen LogP contribution in [0, 0.1) is 23.7 Å². The summed E-state index contributed by atoms with van der Waals surface area (Å²) >= 11 is 0. The van der Waals surface area contributed by atoms with Crippen molar-refractivity contribution in [2.24, 2.45) is 0 Å². The molecule has 1 aliphatic heterocycles. The minimum Gasteiger partial charge on any atom is -0.491 e. The Hall–Kier alpha value is -3.48. The molecule has 1 saturated heterocycles. The second kappa shape index (κ2) is 9.35. The van der Waals surface area contributed by atoms with Crippen molar-refractivity contribution in [1.29, 1.82) is 5.26 Å². The van der Waals surface area contributed by atoms with E-state index < -0.39 is 5.60 Å². The van der Waals surface area contributed by atoms with Gasteiger partial charge in [0.2, 0.25) is 0 Å². The highest BCUT2D eigenvalue weighted by molar-refractivity contribution is 5.85. The molecule has 0 radical (unpaired) electrons. The zero-order valence-electron chi connectivity index (χ0n) is 17.1. The molecule has 1 atom stereocenters. The van der Waals surface area contributed by atoms with Gasteiger partial charge in [0.1, 0.15) is 24.2 Å². The van der Waals surface area contributed by atoms with Gasteiger partial charge in [0.25, 0.3) is 5.91 Å². The summed E-state index contributed by atoms with van der Waals surface area (Å²) in [6.45, 7) is 5.11. The molecule has 30 heavy (non-hydrogen) atoms. The van der Waals surface area contributed by atoms with Crippen LogP contribution in [-0.4, -0.2) is 48.8 Å². The summed E-state index contributed by atoms with van der Waals surface area (Å²) in [5.41, 5.74) is 0.226. The van der Waals surface area contributed by atoms with Gasteiger partial charge < -0.3 is 19.1 Å². The number of hydrogen-bond donors (Lipinski definition) is 0. The Morgan fingerprint density at radius 3 is 2.70 bits per heavy atom. The van der Waals surface area contributed by atoms with Gasteiger partial charge in [-0.3, -0.25) is 4.79 Å². The van der Waals surface area contributed by atoms with Crippen LogP contribution in [0.5, 0.6) is 11.5 Å². The normalized spacial score (nSPS) is 16.3. The van der Waals surface area contributed by atoms with E-state index in [-0.39, 0.29) is 12.0 Å². The van der Waals surface area contributed by atoms with E-state index in [9.17, 15) is 4.79 Å². The number of amides is 1. The molecule has 0 spiro atoms. The summed E-state index contributed by atoms with van der Waals surface area (Å²) in [4.78, 5) is 14.8. The molecule has 6 heteroatoms. The Morgan fingerprint density at radius 1 is 1.23 bits per heavy atom. The fourth-order valence-electron chi connectivity index (χ4n) is 3.19. The van der Waals surface area contributed by atoms with Crippen LogP contribution in [0.1, 0.15) is 25.0 Å². The van der Waals surface area contributed by atoms with Gasteiger partial charge >= 0.3 is 0 Å². The maximum atomic E-state index is 13.1. The molecule has 1 aliphatic rings. The summed E-state index contributed by atoms with van der Waals surface area (Å²) in [5.74, 6) is 3.65. The van der Waals surface area contributed by atoms with Crippen LogP contribution in [0.15, 0.2) is 48.5 Å². The third kappa shape index (κ3) is 5.31. The number of hydrogen-bond acceptors (Lipinski definition) is 5. The highest BCUT2D eigenvalue weighted by Gasteiger charge is 2.37. The van der Waals surface area contributed by atoms with E-state index in [0.717, 1.165) is 5.56 Å². The highest BCUT2D eigenvalue weighted by atomic mass is 16.5. The summed E-state index contributed by atoms with van der Waals surface area (Å²) in [6, 6.07) is 16.1. The zero-order chi connectivity index (χ0) is 21.6. The lowest BCUT2D eigenvalue weighted by Gasteiger charge is -2.37. The van der Waals surface area contributed by atoms with Crippen LogP contribution in [0.3, 0.4) is 0 Å². The SMILES string of the molecule is C#Cc1cccc(OCC2CN(C(=O)C(C)(C)Oc3ccc(C#N)cc3)CCO2)c1. The van der Waals surface area contributed by atoms with Gasteiger partial charge in [0.05, 0.1) is 24.8 Å². The fraction of sp³-hybridized carbons (Fsp3) is 0.333. The Bertz CT molecular complexity index is 970. The van der Waals surface area contributed by atoms with Crippen LogP contribution in [0.2, 0.25) is 0 Å². The maximum Gasteiger partial charge on any atom is 0.266 e. The molecular weight excluding hydrogens is 380 g/mol. The average molecular weight is 404 g/mol. The number of terminal acetylenes is 1. The highest BCUT2D eigenvalue weighted by Crippen LogP contribution is 2.22. The van der Waals surface area contributed by atoms with Crippen molar-refractivity contribution in [2.45, 2.75) is 25.6 Å². The first-order valence-corrected chi connectivity index (χ1v) is 9.71. The number of carbonyl (C=O) groups excluding carboxylic acids is 1. The van der Waals surface area contributed by atoms with E-state index >= 15 is 0 Å². The Labute approximate surface area is 177 Å². The first-order valence-electron chi connectivity index (χ1n) is 9.71. The smallest absolute Gasteiger partial charge is 0.266 e. The molecular formula is C24H24N2O4. The summed E-state index contributed by atoms with van der Waals surface area (Å²) in [7, 11) is 0. The molecule has 0 aromatic heterocycles. The summed E-state index contributed by atoms with van der Waals surface area (Å²) < 4.78 is 17.5. The molecule has 0 aliphatic carbocycles. The van der Waals surface area contributed by atoms with Crippen molar-refractivity contribution >= 4 is 5.91 Å². The van der Waals surface area contributed by atoms with Gasteiger partial charge in [-0.1, -0.05) is 12.0 Å². The second-order valence-electron chi connectivity index (χ2n) is 7.48. The van der Waals surface area contributed by atoms with Gasteiger partial charge in [-0.25, -0.2) is 0 Å². The fourth-order valence-corrected chi connectivity index (χ4v) is 3.19. The van der Waals surface area contributed by atoms with Gasteiger partial charge in [-0.2, -0.15) is 5.26 Å². The number of carbonyl (C=O) groups is 1. The van der Waals surface area contributed by atoms with Crippen molar-refractivity contribution in [3.8, 4) is 29.9 Å². The first kappa shape index (κ1) is 21.2. The zero-order valence-corrected chi connectivity index (χ0v) is 17.1. The van der Waals surface area contributed by atoms with E-state index in [1.54, 1.807) is 49.1 Å². The number of rotatable bonds is 6. The molecule has 0 saturated carbocycles. The van der Waals surface area contributed by atoms with Gasteiger partial charge in [-0.15, -0.1) is 6.42 Å². The third-order valence-electron chi connectivity index (χ3n) is 4.73. The molecule has 0 N–H and O–H groups in total. The van der Waals surface area contributed by atoms with Gasteiger partial charge in [0, 0.05) is 12.1 Å². The first-order chi connectivity index (χ1) is 14.4. The van der Waals surface area contributed by atoms with Crippen LogP contribution in [0.25, 0.3) is 0 Å². The Kier molecular flexibility index (Phi) is 6.61. The van der Waals surface area contributed by atoms with E-state index in [1.807, 2.05) is 18.2 Å². The van der Waals surface area contributed by atoms with Crippen molar-refractivity contribution < 1.29 is 19.0 Å². The lowest BCUT2D eigenvalue weighted by molar-refractivity contribution is -0.153. The minimum atomic E-state index is -1.06. The van der Waals surface area contributed by atoms with Crippen LogP contribution < -0.4 is 9.47 Å². The van der Waals surface area contributed by atoms with Gasteiger partial charge in [0.15, 0.2) is 5.60 Å². The molecule has 2 aromatic rings. The van der Waals surface area contributed by atoms with E-state index in [1.165, 1.54) is 0 Å². The van der Waals surface area contributed by atoms with Crippen molar-refractivity contribution in [3.05, 3.63) is 59.7 Å². The van der Waals surface area contributed by atoms with Crippen molar-refractivity contribution in [1.82, 2.24) is 4.90 Å². The van der Waals surface area contributed by atoms with Crippen molar-refractivity contribution in [3.63, 3.8) is 0 Å². The molecule has 0 bridgehead atoms. The number of morpholine rings is 1. The monoisotopic (exact) mass is 404 g/mol. The maximum absolute atomic E-state index is 13.1. The quantitative estimate of drug-likeness (QED) is 0.692. The summed E-state index contributed by atoms with van der Waals surface area (Å²) in [6.07, 6.45) is 5.17. The minimum absolute atomic E-state index is 0.130. The number of nitriles is 1. The topological polar surface area (TPSA) is 71.8 Å². The van der Waals surface area contributed by atoms with E-state index in [4.69, 9.17) is 25.9 Å². The predicted molar refractivity (Wildman–Crippen MR) is 112 cm³/mol. The van der Waals surface area contributed by atoms with E-state index in [2.05, 4.69) is 12.0 Å². The molecule has 1 fully saturated rings. The van der Waals surface area contributed by atoms with Gasteiger partial charge in [-0.05, 0) is 56.3 Å². The molecule has 1 amide bonds. The molecule has 154 valence electrons. The lowest BCUT2D eigenvalue weighted by atomic mass is 10.1. The number of nitrogens with zero attached hydrogens (tertiary/aromatic N) is 2.